The zero-order valence-corrected chi connectivity index (χ0v) is 9.71. The molecule has 0 unspecified atom stereocenters. The number of aryl methyl sites for hydroxylation is 1. The number of nitrogens with two attached hydrogens (primary N) is 1. The Balaban J connectivity index is 2.51. The lowest BCUT2D eigenvalue weighted by Gasteiger charge is -1.98. The molecule has 0 aliphatic carbocycles. The van der Waals surface area contributed by atoms with Crippen LogP contribution in [0, 0.1) is 0 Å². The predicted octanol–water partition coefficient (Wildman–Crippen LogP) is 2.08. The fraction of sp³-hybridized carbons (Fsp3) is 0.400. The normalized spacial score (nSPS) is 10.8. The Kier molecular flexibility index (Phi) is 2.73. The van der Waals surface area contributed by atoms with E-state index in [2.05, 4.69) is 16.4 Å². The molecule has 0 aromatic carbocycles. The molecule has 0 aliphatic rings. The molecule has 2 heterocycles. The molecule has 4 nitrogen and oxygen atoms in total. The fourth-order valence-corrected chi connectivity index (χ4v) is 2.13. The molecule has 5 heteroatoms. The number of hydrogen-bond donors (Lipinski definition) is 1. The lowest BCUT2D eigenvalue weighted by molar-refractivity contribution is 0.780. The molecule has 0 radical (unpaired) electrons. The summed E-state index contributed by atoms with van der Waals surface area (Å²) in [5, 5.41) is 6.36. The average Bonchev–Trinajstić information content (AvgIpc) is 2.81. The number of anilines is 1. The van der Waals surface area contributed by atoms with Gasteiger partial charge in [-0.3, -0.25) is 4.68 Å². The van der Waals surface area contributed by atoms with Crippen molar-refractivity contribution >= 4 is 17.4 Å². The van der Waals surface area contributed by atoms with Gasteiger partial charge in [-0.15, -0.1) is 0 Å². The number of rotatable bonds is 3. The maximum Gasteiger partial charge on any atom is 0.125 e. The van der Waals surface area contributed by atoms with Crippen molar-refractivity contribution in [1.29, 1.82) is 0 Å². The minimum absolute atomic E-state index is 0.750. The molecule has 2 aromatic rings. The molecular formula is C10H14N4S. The van der Waals surface area contributed by atoms with Crippen molar-refractivity contribution in [3.8, 4) is 11.4 Å². The highest BCUT2D eigenvalue weighted by Gasteiger charge is 2.15. The first kappa shape index (κ1) is 10.2. The Morgan fingerprint density at radius 2 is 2.33 bits per heavy atom. The standard InChI is InChI=1S/C10H14N4S/c1-3-4-7-9(8-5-6-15-13-8)12-14(2)10(7)11/h5-6H,3-4,11H2,1-2H3. The Bertz CT molecular complexity index is 444. The van der Waals surface area contributed by atoms with Gasteiger partial charge in [-0.05, 0) is 24.0 Å². The lowest BCUT2D eigenvalue weighted by atomic mass is 10.1. The van der Waals surface area contributed by atoms with E-state index in [0.717, 1.165) is 35.6 Å². The van der Waals surface area contributed by atoms with Crippen LogP contribution in [0.25, 0.3) is 11.4 Å². The van der Waals surface area contributed by atoms with Crippen molar-refractivity contribution in [3.63, 3.8) is 0 Å². The molecule has 0 bridgehead atoms. The summed E-state index contributed by atoms with van der Waals surface area (Å²) in [4.78, 5) is 0. The Morgan fingerprint density at radius 1 is 1.53 bits per heavy atom. The van der Waals surface area contributed by atoms with E-state index in [4.69, 9.17) is 5.73 Å². The van der Waals surface area contributed by atoms with Crippen LogP contribution in [0.1, 0.15) is 18.9 Å². The number of hydrogen-bond acceptors (Lipinski definition) is 4. The third kappa shape index (κ3) is 1.74. The fourth-order valence-electron chi connectivity index (χ4n) is 1.62. The monoisotopic (exact) mass is 222 g/mol. The van der Waals surface area contributed by atoms with Crippen molar-refractivity contribution in [2.45, 2.75) is 19.8 Å². The molecule has 0 saturated carbocycles. The van der Waals surface area contributed by atoms with Gasteiger partial charge in [-0.25, -0.2) is 0 Å². The van der Waals surface area contributed by atoms with Crippen LogP contribution in [0.4, 0.5) is 5.82 Å². The highest BCUT2D eigenvalue weighted by Crippen LogP contribution is 2.27. The van der Waals surface area contributed by atoms with Gasteiger partial charge in [-0.2, -0.15) is 9.47 Å². The Labute approximate surface area is 92.9 Å². The molecular weight excluding hydrogens is 208 g/mol. The van der Waals surface area contributed by atoms with Crippen LogP contribution in [-0.4, -0.2) is 14.2 Å². The maximum absolute atomic E-state index is 5.97. The van der Waals surface area contributed by atoms with E-state index in [1.807, 2.05) is 18.5 Å². The van der Waals surface area contributed by atoms with Crippen LogP contribution >= 0.6 is 11.5 Å². The topological polar surface area (TPSA) is 56.7 Å². The van der Waals surface area contributed by atoms with Gasteiger partial charge >= 0.3 is 0 Å². The van der Waals surface area contributed by atoms with E-state index in [9.17, 15) is 0 Å². The first-order chi connectivity index (χ1) is 7.24. The van der Waals surface area contributed by atoms with Crippen LogP contribution in [0.5, 0.6) is 0 Å². The quantitative estimate of drug-likeness (QED) is 0.865. The average molecular weight is 222 g/mol. The van der Waals surface area contributed by atoms with Crippen molar-refractivity contribution in [2.24, 2.45) is 7.05 Å². The van der Waals surface area contributed by atoms with Crippen molar-refractivity contribution < 1.29 is 0 Å². The molecule has 2 N–H and O–H groups in total. The van der Waals surface area contributed by atoms with Crippen LogP contribution in [0.2, 0.25) is 0 Å². The number of nitrogens with zero attached hydrogens (tertiary/aromatic N) is 3. The van der Waals surface area contributed by atoms with Gasteiger partial charge in [-0.1, -0.05) is 13.3 Å². The summed E-state index contributed by atoms with van der Waals surface area (Å²) in [7, 11) is 1.87. The third-order valence-corrected chi connectivity index (χ3v) is 2.93. The molecule has 0 atom stereocenters. The Hall–Kier alpha value is -1.36. The van der Waals surface area contributed by atoms with Crippen LogP contribution in [0.15, 0.2) is 11.4 Å². The zero-order valence-electron chi connectivity index (χ0n) is 8.90. The van der Waals surface area contributed by atoms with Crippen molar-refractivity contribution in [2.75, 3.05) is 5.73 Å². The minimum atomic E-state index is 0.750. The molecule has 0 spiro atoms. The Morgan fingerprint density at radius 3 is 2.93 bits per heavy atom. The molecule has 2 aromatic heterocycles. The highest BCUT2D eigenvalue weighted by atomic mass is 32.1. The van der Waals surface area contributed by atoms with Gasteiger partial charge in [0.25, 0.3) is 0 Å². The molecule has 2 rings (SSSR count). The predicted molar refractivity (Wildman–Crippen MR) is 62.7 cm³/mol. The summed E-state index contributed by atoms with van der Waals surface area (Å²) in [5.74, 6) is 0.750. The number of aromatic nitrogens is 3. The summed E-state index contributed by atoms with van der Waals surface area (Å²) in [6.07, 6.45) is 2.01. The smallest absolute Gasteiger partial charge is 0.125 e. The summed E-state index contributed by atoms with van der Waals surface area (Å²) >= 11 is 1.44. The third-order valence-electron chi connectivity index (χ3n) is 2.37. The molecule has 0 fully saturated rings. The summed E-state index contributed by atoms with van der Waals surface area (Å²) in [5.41, 5.74) is 8.94. The first-order valence-corrected chi connectivity index (χ1v) is 5.79. The second-order valence-corrected chi connectivity index (χ2v) is 4.14. The molecule has 15 heavy (non-hydrogen) atoms. The summed E-state index contributed by atoms with van der Waals surface area (Å²) in [6.45, 7) is 2.14. The first-order valence-electron chi connectivity index (χ1n) is 4.96. The lowest BCUT2D eigenvalue weighted by Crippen LogP contribution is -1.99. The summed E-state index contributed by atoms with van der Waals surface area (Å²) in [6, 6.07) is 1.98. The van der Waals surface area contributed by atoms with E-state index in [-0.39, 0.29) is 0 Å². The van der Waals surface area contributed by atoms with E-state index < -0.39 is 0 Å². The van der Waals surface area contributed by atoms with Gasteiger partial charge in [0.2, 0.25) is 0 Å². The van der Waals surface area contributed by atoms with Crippen molar-refractivity contribution in [1.82, 2.24) is 14.2 Å². The SMILES string of the molecule is CCCc1c(-c2ccsn2)nn(C)c1N. The highest BCUT2D eigenvalue weighted by molar-refractivity contribution is 7.03. The second-order valence-electron chi connectivity index (χ2n) is 3.47. The van der Waals surface area contributed by atoms with E-state index in [1.165, 1.54) is 11.5 Å². The number of nitrogen functional groups attached to an aromatic ring is 1. The molecule has 0 saturated heterocycles. The maximum atomic E-state index is 5.97. The summed E-state index contributed by atoms with van der Waals surface area (Å²) < 4.78 is 6.02. The van der Waals surface area contributed by atoms with E-state index >= 15 is 0 Å². The van der Waals surface area contributed by atoms with Crippen LogP contribution in [-0.2, 0) is 13.5 Å². The molecule has 80 valence electrons. The van der Waals surface area contributed by atoms with Gasteiger partial charge in [0, 0.05) is 18.0 Å². The van der Waals surface area contributed by atoms with Gasteiger partial charge in [0.15, 0.2) is 0 Å². The van der Waals surface area contributed by atoms with Gasteiger partial charge < -0.3 is 5.73 Å². The zero-order chi connectivity index (χ0) is 10.8. The van der Waals surface area contributed by atoms with Crippen LogP contribution in [0.3, 0.4) is 0 Å². The largest absolute Gasteiger partial charge is 0.384 e. The molecule has 0 amide bonds. The minimum Gasteiger partial charge on any atom is -0.384 e. The second kappa shape index (κ2) is 4.02. The van der Waals surface area contributed by atoms with E-state index in [1.54, 1.807) is 4.68 Å². The van der Waals surface area contributed by atoms with E-state index in [0.29, 0.717) is 0 Å². The molecule has 0 aliphatic heterocycles. The van der Waals surface area contributed by atoms with Crippen LogP contribution < -0.4 is 5.73 Å². The van der Waals surface area contributed by atoms with Crippen molar-refractivity contribution in [3.05, 3.63) is 17.0 Å². The van der Waals surface area contributed by atoms with Gasteiger partial charge in [0.05, 0.1) is 0 Å². The van der Waals surface area contributed by atoms with Gasteiger partial charge in [0.1, 0.15) is 17.2 Å².